The van der Waals surface area contributed by atoms with Gasteiger partial charge in [0.2, 0.25) is 0 Å². The lowest BCUT2D eigenvalue weighted by molar-refractivity contribution is -0.0808. The predicted molar refractivity (Wildman–Crippen MR) is 35.2 cm³/mol. The van der Waals surface area contributed by atoms with Crippen LogP contribution in [0.5, 0.6) is 0 Å². The van der Waals surface area contributed by atoms with Gasteiger partial charge in [0, 0.05) is 0 Å². The molecule has 1 rings (SSSR count). The molecule has 0 radical (unpaired) electrons. The first-order chi connectivity index (χ1) is 4.13. The van der Waals surface area contributed by atoms with Crippen molar-refractivity contribution in [1.29, 1.82) is 0 Å². The second-order valence-corrected chi connectivity index (χ2v) is 2.79. The van der Waals surface area contributed by atoms with E-state index in [0.717, 1.165) is 0 Å². The van der Waals surface area contributed by atoms with Crippen LogP contribution in [0.15, 0.2) is 12.2 Å². The van der Waals surface area contributed by atoms with E-state index in [1.54, 1.807) is 6.08 Å². The van der Waals surface area contributed by atoms with Crippen molar-refractivity contribution in [1.82, 2.24) is 0 Å². The molecule has 0 spiro atoms. The van der Waals surface area contributed by atoms with Gasteiger partial charge in [-0.3, -0.25) is 0 Å². The average molecular weight is 128 g/mol. The fourth-order valence-corrected chi connectivity index (χ4v) is 0.764. The Balaban J connectivity index is 2.66. The quantitative estimate of drug-likeness (QED) is 0.487. The zero-order chi connectivity index (χ0) is 6.91. The molecular formula is C7H12O2. The van der Waals surface area contributed by atoms with Gasteiger partial charge in [-0.1, -0.05) is 12.2 Å². The highest BCUT2D eigenvalue weighted by molar-refractivity contribution is 5.01. The normalized spacial score (nSPS) is 32.6. The Morgan fingerprint density at radius 3 is 2.67 bits per heavy atom. The van der Waals surface area contributed by atoms with Crippen LogP contribution < -0.4 is 0 Å². The Kier molecular flexibility index (Phi) is 1.60. The number of ether oxygens (including phenoxy) is 1. The van der Waals surface area contributed by atoms with E-state index in [2.05, 4.69) is 0 Å². The number of hydrogen-bond donors (Lipinski definition) is 1. The Bertz CT molecular complexity index is 127. The summed E-state index contributed by atoms with van der Waals surface area (Å²) >= 11 is 0. The van der Waals surface area contributed by atoms with Crippen molar-refractivity contribution in [3.8, 4) is 0 Å². The Morgan fingerprint density at radius 1 is 1.67 bits per heavy atom. The van der Waals surface area contributed by atoms with Crippen molar-refractivity contribution in [2.45, 2.75) is 25.6 Å². The molecule has 2 heteroatoms. The second kappa shape index (κ2) is 2.12. The molecule has 9 heavy (non-hydrogen) atoms. The molecule has 1 aliphatic heterocycles. The van der Waals surface area contributed by atoms with E-state index in [-0.39, 0.29) is 0 Å². The first-order valence-corrected chi connectivity index (χ1v) is 3.11. The molecule has 0 aromatic carbocycles. The summed E-state index contributed by atoms with van der Waals surface area (Å²) in [5.74, 6) is 0. The number of rotatable bonds is 0. The standard InChI is InChI=1S/C7H12O2/c1-7(2)6(8)4-3-5-9-7/h3-4,6,8H,5H2,1-2H3. The SMILES string of the molecule is CC1(C)OCC=CC1O. The van der Waals surface area contributed by atoms with Crippen LogP contribution in [-0.2, 0) is 4.74 Å². The topological polar surface area (TPSA) is 29.5 Å². The Hall–Kier alpha value is -0.340. The summed E-state index contributed by atoms with van der Waals surface area (Å²) in [6.45, 7) is 4.37. The average Bonchev–Trinajstić information content (AvgIpc) is 1.77. The maximum atomic E-state index is 9.23. The summed E-state index contributed by atoms with van der Waals surface area (Å²) < 4.78 is 5.24. The van der Waals surface area contributed by atoms with Crippen molar-refractivity contribution in [3.05, 3.63) is 12.2 Å². The van der Waals surface area contributed by atoms with Crippen LogP contribution in [-0.4, -0.2) is 23.4 Å². The van der Waals surface area contributed by atoms with Gasteiger partial charge in [0.15, 0.2) is 0 Å². The van der Waals surface area contributed by atoms with Crippen LogP contribution in [0.25, 0.3) is 0 Å². The number of aliphatic hydroxyl groups excluding tert-OH is 1. The largest absolute Gasteiger partial charge is 0.386 e. The van der Waals surface area contributed by atoms with E-state index in [1.807, 2.05) is 19.9 Å². The summed E-state index contributed by atoms with van der Waals surface area (Å²) in [5.41, 5.74) is -0.394. The fraction of sp³-hybridized carbons (Fsp3) is 0.714. The van der Waals surface area contributed by atoms with Gasteiger partial charge in [-0.25, -0.2) is 0 Å². The van der Waals surface area contributed by atoms with Gasteiger partial charge in [0.25, 0.3) is 0 Å². The van der Waals surface area contributed by atoms with Crippen LogP contribution in [0.1, 0.15) is 13.8 Å². The number of hydrogen-bond acceptors (Lipinski definition) is 2. The minimum Gasteiger partial charge on any atom is -0.386 e. The Morgan fingerprint density at radius 2 is 2.33 bits per heavy atom. The molecule has 0 bridgehead atoms. The first kappa shape index (κ1) is 6.78. The summed E-state index contributed by atoms with van der Waals surface area (Å²) in [5, 5.41) is 9.23. The molecule has 1 N–H and O–H groups in total. The molecule has 52 valence electrons. The van der Waals surface area contributed by atoms with Crippen LogP contribution in [0.2, 0.25) is 0 Å². The molecule has 0 amide bonds. The van der Waals surface area contributed by atoms with Crippen LogP contribution in [0.4, 0.5) is 0 Å². The highest BCUT2D eigenvalue weighted by Gasteiger charge is 2.28. The van der Waals surface area contributed by atoms with Crippen molar-refractivity contribution in [3.63, 3.8) is 0 Å². The molecule has 0 aromatic heterocycles. The maximum absolute atomic E-state index is 9.23. The third kappa shape index (κ3) is 1.32. The molecule has 1 atom stereocenters. The molecule has 0 aliphatic carbocycles. The van der Waals surface area contributed by atoms with Gasteiger partial charge < -0.3 is 9.84 Å². The van der Waals surface area contributed by atoms with Gasteiger partial charge >= 0.3 is 0 Å². The van der Waals surface area contributed by atoms with E-state index in [4.69, 9.17) is 4.74 Å². The van der Waals surface area contributed by atoms with Gasteiger partial charge in [0.05, 0.1) is 12.2 Å². The lowest BCUT2D eigenvalue weighted by Crippen LogP contribution is -2.40. The second-order valence-electron chi connectivity index (χ2n) is 2.79. The molecule has 0 aromatic rings. The summed E-state index contributed by atoms with van der Waals surface area (Å²) in [7, 11) is 0. The zero-order valence-electron chi connectivity index (χ0n) is 5.79. The van der Waals surface area contributed by atoms with E-state index in [9.17, 15) is 5.11 Å². The van der Waals surface area contributed by atoms with Crippen molar-refractivity contribution in [2.24, 2.45) is 0 Å². The monoisotopic (exact) mass is 128 g/mol. The lowest BCUT2D eigenvalue weighted by atomic mass is 9.99. The van der Waals surface area contributed by atoms with Crippen LogP contribution >= 0.6 is 0 Å². The van der Waals surface area contributed by atoms with E-state index < -0.39 is 11.7 Å². The minimum absolute atomic E-state index is 0.394. The summed E-state index contributed by atoms with van der Waals surface area (Å²) in [4.78, 5) is 0. The molecule has 1 aliphatic rings. The van der Waals surface area contributed by atoms with Gasteiger partial charge in [-0.2, -0.15) is 0 Å². The summed E-state index contributed by atoms with van der Waals surface area (Å²) in [6, 6.07) is 0. The maximum Gasteiger partial charge on any atom is 0.101 e. The fourth-order valence-electron chi connectivity index (χ4n) is 0.764. The highest BCUT2D eigenvalue weighted by Crippen LogP contribution is 2.18. The molecule has 2 nitrogen and oxygen atoms in total. The van der Waals surface area contributed by atoms with E-state index in [1.165, 1.54) is 0 Å². The van der Waals surface area contributed by atoms with Crippen molar-refractivity contribution >= 4 is 0 Å². The summed E-state index contributed by atoms with van der Waals surface area (Å²) in [6.07, 6.45) is 3.14. The third-order valence-corrected chi connectivity index (χ3v) is 1.58. The van der Waals surface area contributed by atoms with Crippen molar-refractivity contribution in [2.75, 3.05) is 6.61 Å². The minimum atomic E-state index is -0.453. The predicted octanol–water partition coefficient (Wildman–Crippen LogP) is 0.712. The van der Waals surface area contributed by atoms with E-state index in [0.29, 0.717) is 6.61 Å². The Labute approximate surface area is 55.1 Å². The molecular weight excluding hydrogens is 116 g/mol. The molecule has 0 saturated heterocycles. The molecule has 0 saturated carbocycles. The van der Waals surface area contributed by atoms with Crippen molar-refractivity contribution < 1.29 is 9.84 Å². The number of aliphatic hydroxyl groups is 1. The van der Waals surface area contributed by atoms with Gasteiger partial charge in [-0.15, -0.1) is 0 Å². The molecule has 1 heterocycles. The van der Waals surface area contributed by atoms with Gasteiger partial charge in [0.1, 0.15) is 6.10 Å². The van der Waals surface area contributed by atoms with Crippen LogP contribution in [0, 0.1) is 0 Å². The van der Waals surface area contributed by atoms with E-state index >= 15 is 0 Å². The molecule has 0 fully saturated rings. The first-order valence-electron chi connectivity index (χ1n) is 3.11. The molecule has 1 unspecified atom stereocenters. The van der Waals surface area contributed by atoms with Gasteiger partial charge in [-0.05, 0) is 13.8 Å². The smallest absolute Gasteiger partial charge is 0.101 e. The van der Waals surface area contributed by atoms with Crippen LogP contribution in [0.3, 0.4) is 0 Å². The third-order valence-electron chi connectivity index (χ3n) is 1.58. The zero-order valence-corrected chi connectivity index (χ0v) is 5.79. The lowest BCUT2D eigenvalue weighted by Gasteiger charge is -2.31. The highest BCUT2D eigenvalue weighted by atomic mass is 16.5.